The number of hydrogen-bond acceptors (Lipinski definition) is 5. The van der Waals surface area contributed by atoms with Gasteiger partial charge in [0.1, 0.15) is 5.75 Å². The van der Waals surface area contributed by atoms with Crippen molar-refractivity contribution >= 4 is 17.7 Å². The smallest absolute Gasteiger partial charge is 0.343 e. The van der Waals surface area contributed by atoms with E-state index in [1.807, 2.05) is 49.4 Å². The standard InChI is InChI=1S/C24H20O5/c1-17-7-9-20(10-8-17)24(27)29-21-13-11-19(12-14-21)22(25)16-28-23(26)15-18-5-3-2-4-6-18/h2-14H,15-16H2,1H3. The van der Waals surface area contributed by atoms with Crippen molar-refractivity contribution in [1.29, 1.82) is 0 Å². The first-order valence-corrected chi connectivity index (χ1v) is 9.13. The third-order valence-corrected chi connectivity index (χ3v) is 4.23. The molecule has 146 valence electrons. The molecule has 0 N–H and O–H groups in total. The van der Waals surface area contributed by atoms with Crippen molar-refractivity contribution in [2.75, 3.05) is 6.61 Å². The summed E-state index contributed by atoms with van der Waals surface area (Å²) in [6.45, 7) is 1.60. The Morgan fingerprint density at radius 2 is 1.38 bits per heavy atom. The fourth-order valence-electron chi connectivity index (χ4n) is 2.61. The van der Waals surface area contributed by atoms with Crippen LogP contribution in [0.4, 0.5) is 0 Å². The molecular formula is C24H20O5. The normalized spacial score (nSPS) is 10.2. The quantitative estimate of drug-likeness (QED) is 0.345. The maximum Gasteiger partial charge on any atom is 0.343 e. The highest BCUT2D eigenvalue weighted by Crippen LogP contribution is 2.15. The second-order valence-corrected chi connectivity index (χ2v) is 6.53. The summed E-state index contributed by atoms with van der Waals surface area (Å²) in [4.78, 5) is 36.2. The molecule has 0 atom stereocenters. The van der Waals surface area contributed by atoms with E-state index in [1.54, 1.807) is 12.1 Å². The number of ketones is 1. The predicted octanol–water partition coefficient (Wildman–Crippen LogP) is 4.18. The molecule has 0 radical (unpaired) electrons. The van der Waals surface area contributed by atoms with E-state index < -0.39 is 11.9 Å². The highest BCUT2D eigenvalue weighted by molar-refractivity contribution is 5.98. The van der Waals surface area contributed by atoms with Gasteiger partial charge in [-0.2, -0.15) is 0 Å². The molecule has 3 rings (SSSR count). The summed E-state index contributed by atoms with van der Waals surface area (Å²) in [5.41, 5.74) is 2.69. The maximum absolute atomic E-state index is 12.2. The Bertz CT molecular complexity index is 990. The van der Waals surface area contributed by atoms with Crippen molar-refractivity contribution in [2.45, 2.75) is 13.3 Å². The van der Waals surface area contributed by atoms with Gasteiger partial charge in [0.25, 0.3) is 0 Å². The van der Waals surface area contributed by atoms with Gasteiger partial charge in [-0.05, 0) is 48.9 Å². The van der Waals surface area contributed by atoms with Crippen LogP contribution < -0.4 is 4.74 Å². The maximum atomic E-state index is 12.2. The molecule has 0 saturated heterocycles. The van der Waals surface area contributed by atoms with Gasteiger partial charge in [-0.15, -0.1) is 0 Å². The van der Waals surface area contributed by atoms with Gasteiger partial charge >= 0.3 is 11.9 Å². The number of hydrogen-bond donors (Lipinski definition) is 0. The molecule has 3 aromatic rings. The molecule has 3 aromatic carbocycles. The number of Topliss-reactive ketones (excluding diaryl/α,β-unsaturated/α-hetero) is 1. The molecule has 0 amide bonds. The molecule has 0 unspecified atom stereocenters. The Morgan fingerprint density at radius 3 is 2.03 bits per heavy atom. The molecule has 0 heterocycles. The molecule has 0 aliphatic carbocycles. The molecule has 0 fully saturated rings. The molecule has 5 heteroatoms. The van der Waals surface area contributed by atoms with E-state index in [2.05, 4.69) is 0 Å². The minimum absolute atomic E-state index is 0.113. The van der Waals surface area contributed by atoms with E-state index in [1.165, 1.54) is 24.3 Å². The van der Waals surface area contributed by atoms with Crippen molar-refractivity contribution in [1.82, 2.24) is 0 Å². The van der Waals surface area contributed by atoms with Crippen LogP contribution in [0.15, 0.2) is 78.9 Å². The average molecular weight is 388 g/mol. The van der Waals surface area contributed by atoms with Gasteiger partial charge in [-0.1, -0.05) is 48.0 Å². The van der Waals surface area contributed by atoms with Crippen LogP contribution in [0.25, 0.3) is 0 Å². The number of benzene rings is 3. The zero-order valence-electron chi connectivity index (χ0n) is 16.0. The summed E-state index contributed by atoms with van der Waals surface area (Å²) in [6.07, 6.45) is 0.113. The van der Waals surface area contributed by atoms with Crippen LogP contribution in [-0.4, -0.2) is 24.3 Å². The van der Waals surface area contributed by atoms with E-state index >= 15 is 0 Å². The van der Waals surface area contributed by atoms with Gasteiger partial charge in [0.2, 0.25) is 0 Å². The molecule has 0 saturated carbocycles. The van der Waals surface area contributed by atoms with Crippen molar-refractivity contribution in [3.63, 3.8) is 0 Å². The number of aryl methyl sites for hydroxylation is 1. The van der Waals surface area contributed by atoms with Crippen LogP contribution in [0.5, 0.6) is 5.75 Å². The SMILES string of the molecule is Cc1ccc(C(=O)Oc2ccc(C(=O)COC(=O)Cc3ccccc3)cc2)cc1. The number of esters is 2. The fraction of sp³-hybridized carbons (Fsp3) is 0.125. The zero-order valence-corrected chi connectivity index (χ0v) is 16.0. The zero-order chi connectivity index (χ0) is 20.6. The van der Waals surface area contributed by atoms with Crippen LogP contribution in [0.1, 0.15) is 31.8 Å². The summed E-state index contributed by atoms with van der Waals surface area (Å²) in [5, 5.41) is 0. The molecule has 0 bridgehead atoms. The lowest BCUT2D eigenvalue weighted by Gasteiger charge is -2.07. The lowest BCUT2D eigenvalue weighted by Crippen LogP contribution is -2.15. The molecule has 29 heavy (non-hydrogen) atoms. The Balaban J connectivity index is 1.51. The third-order valence-electron chi connectivity index (χ3n) is 4.23. The van der Waals surface area contributed by atoms with E-state index in [0.29, 0.717) is 16.9 Å². The van der Waals surface area contributed by atoms with Crippen LogP contribution in [0.3, 0.4) is 0 Å². The Hall–Kier alpha value is -3.73. The van der Waals surface area contributed by atoms with Crippen LogP contribution in [0.2, 0.25) is 0 Å². The lowest BCUT2D eigenvalue weighted by atomic mass is 10.1. The molecule has 5 nitrogen and oxygen atoms in total. The van der Waals surface area contributed by atoms with Crippen molar-refractivity contribution in [3.8, 4) is 5.75 Å². The monoisotopic (exact) mass is 388 g/mol. The third kappa shape index (κ3) is 5.87. The van der Waals surface area contributed by atoms with Crippen LogP contribution >= 0.6 is 0 Å². The summed E-state index contributed by atoms with van der Waals surface area (Å²) in [5.74, 6) is -0.942. The Labute approximate surface area is 168 Å². The minimum atomic E-state index is -0.473. The van der Waals surface area contributed by atoms with Crippen molar-refractivity contribution in [3.05, 3.63) is 101 Å². The summed E-state index contributed by atoms with van der Waals surface area (Å²) < 4.78 is 10.4. The molecule has 0 aliphatic rings. The highest BCUT2D eigenvalue weighted by atomic mass is 16.5. The summed E-state index contributed by atoms with van der Waals surface area (Å²) in [6, 6.07) is 22.3. The van der Waals surface area contributed by atoms with Gasteiger partial charge < -0.3 is 9.47 Å². The number of carbonyl (C=O) groups excluding carboxylic acids is 3. The van der Waals surface area contributed by atoms with E-state index in [0.717, 1.165) is 11.1 Å². The van der Waals surface area contributed by atoms with E-state index in [4.69, 9.17) is 9.47 Å². The molecular weight excluding hydrogens is 368 g/mol. The number of ether oxygens (including phenoxy) is 2. The minimum Gasteiger partial charge on any atom is -0.457 e. The van der Waals surface area contributed by atoms with Crippen LogP contribution in [0, 0.1) is 6.92 Å². The van der Waals surface area contributed by atoms with Gasteiger partial charge in [0, 0.05) is 5.56 Å². The Morgan fingerprint density at radius 1 is 0.759 bits per heavy atom. The van der Waals surface area contributed by atoms with E-state index in [-0.39, 0.29) is 18.8 Å². The van der Waals surface area contributed by atoms with Gasteiger partial charge in [-0.3, -0.25) is 9.59 Å². The average Bonchev–Trinajstić information content (AvgIpc) is 2.74. The predicted molar refractivity (Wildman–Crippen MR) is 108 cm³/mol. The topological polar surface area (TPSA) is 69.7 Å². The molecule has 0 aromatic heterocycles. The number of carbonyl (C=O) groups is 3. The van der Waals surface area contributed by atoms with Crippen LogP contribution in [-0.2, 0) is 16.0 Å². The summed E-state index contributed by atoms with van der Waals surface area (Å²) >= 11 is 0. The van der Waals surface area contributed by atoms with Gasteiger partial charge in [0.05, 0.1) is 12.0 Å². The second kappa shape index (κ2) is 9.46. The summed E-state index contributed by atoms with van der Waals surface area (Å²) in [7, 11) is 0. The van der Waals surface area contributed by atoms with E-state index in [9.17, 15) is 14.4 Å². The van der Waals surface area contributed by atoms with Gasteiger partial charge in [0.15, 0.2) is 12.4 Å². The largest absolute Gasteiger partial charge is 0.457 e. The van der Waals surface area contributed by atoms with Gasteiger partial charge in [-0.25, -0.2) is 4.79 Å². The fourth-order valence-corrected chi connectivity index (χ4v) is 2.61. The first-order valence-electron chi connectivity index (χ1n) is 9.13. The first-order chi connectivity index (χ1) is 14.0. The highest BCUT2D eigenvalue weighted by Gasteiger charge is 2.12. The van der Waals surface area contributed by atoms with Crippen molar-refractivity contribution < 1.29 is 23.9 Å². The second-order valence-electron chi connectivity index (χ2n) is 6.53. The lowest BCUT2D eigenvalue weighted by molar-refractivity contribution is -0.141. The Kier molecular flexibility index (Phi) is 6.53. The molecule has 0 spiro atoms. The first kappa shape index (κ1) is 20.0. The number of rotatable bonds is 7. The van der Waals surface area contributed by atoms with Crippen molar-refractivity contribution in [2.24, 2.45) is 0 Å². The molecule has 0 aliphatic heterocycles.